The van der Waals surface area contributed by atoms with Crippen LogP contribution in [-0.2, 0) is 11.3 Å². The van der Waals surface area contributed by atoms with Crippen LogP contribution < -0.4 is 20.7 Å². The number of carbonyl (C=O) groups excluding carboxylic acids is 1. The Labute approximate surface area is 259 Å². The number of aromatic amines is 1. The van der Waals surface area contributed by atoms with Crippen molar-refractivity contribution in [1.82, 2.24) is 29.9 Å². The molecule has 1 fully saturated rings. The smallest absolute Gasteiger partial charge is 0.406 e. The van der Waals surface area contributed by atoms with Crippen molar-refractivity contribution >= 4 is 51.8 Å². The lowest BCUT2D eigenvalue weighted by molar-refractivity contribution is -0.274. The molecular formula is C29H27ClF3N9O3. The van der Waals surface area contributed by atoms with E-state index >= 15 is 0 Å². The predicted molar refractivity (Wildman–Crippen MR) is 161 cm³/mol. The summed E-state index contributed by atoms with van der Waals surface area (Å²) in [6.45, 7) is 3.40. The summed E-state index contributed by atoms with van der Waals surface area (Å²) in [5.74, 6) is 0.343. The molecule has 5 aromatic rings. The molecule has 0 saturated carbocycles. The topological polar surface area (TPSA) is 144 Å². The molecule has 4 heterocycles. The van der Waals surface area contributed by atoms with Crippen LogP contribution in [-0.4, -0.2) is 55.4 Å². The average molecular weight is 642 g/mol. The molecule has 4 N–H and O–H groups in total. The molecule has 1 amide bonds. The van der Waals surface area contributed by atoms with Crippen LogP contribution in [0.5, 0.6) is 5.75 Å². The molecule has 0 spiro atoms. The number of halogens is 4. The van der Waals surface area contributed by atoms with Crippen molar-refractivity contribution in [3.05, 3.63) is 76.6 Å². The average Bonchev–Trinajstić information content (AvgIpc) is 3.62. The SMILES string of the molecule is Cc1cc(Nc2nc(NCc3ccc(Cl)c(C(=O)Nc4cccc(OC(F)(F)F)c4)c3)nc3c2cnn3C2CCOCC2)n[nH]1. The van der Waals surface area contributed by atoms with E-state index < -0.39 is 18.0 Å². The number of hydrogen-bond donors (Lipinski definition) is 4. The van der Waals surface area contributed by atoms with Crippen LogP contribution in [0.1, 0.15) is 40.5 Å². The fraction of sp³-hybridized carbons (Fsp3) is 0.276. The van der Waals surface area contributed by atoms with Gasteiger partial charge in [0.15, 0.2) is 11.5 Å². The van der Waals surface area contributed by atoms with Gasteiger partial charge in [-0.2, -0.15) is 20.2 Å². The van der Waals surface area contributed by atoms with Gasteiger partial charge in [0, 0.05) is 43.3 Å². The number of nitrogens with zero attached hydrogens (tertiary/aromatic N) is 5. The summed E-state index contributed by atoms with van der Waals surface area (Å²) in [7, 11) is 0. The van der Waals surface area contributed by atoms with Crippen molar-refractivity contribution in [2.75, 3.05) is 29.2 Å². The fourth-order valence-electron chi connectivity index (χ4n) is 4.91. The normalized spacial score (nSPS) is 14.0. The van der Waals surface area contributed by atoms with E-state index in [2.05, 4.69) is 41.0 Å². The number of H-pyrrole nitrogens is 1. The Kier molecular flexibility index (Phi) is 8.45. The minimum atomic E-state index is -4.86. The highest BCUT2D eigenvalue weighted by Crippen LogP contribution is 2.30. The van der Waals surface area contributed by atoms with E-state index in [1.807, 2.05) is 17.7 Å². The summed E-state index contributed by atoms with van der Waals surface area (Å²) in [6.07, 6.45) is -1.52. The van der Waals surface area contributed by atoms with E-state index in [0.717, 1.165) is 36.1 Å². The summed E-state index contributed by atoms with van der Waals surface area (Å²) in [4.78, 5) is 22.5. The molecule has 0 bridgehead atoms. The molecule has 16 heteroatoms. The molecule has 0 atom stereocenters. The minimum Gasteiger partial charge on any atom is -0.406 e. The number of hydrogen-bond acceptors (Lipinski definition) is 9. The first-order valence-electron chi connectivity index (χ1n) is 13.9. The predicted octanol–water partition coefficient (Wildman–Crippen LogP) is 6.37. The summed E-state index contributed by atoms with van der Waals surface area (Å²) in [5.41, 5.74) is 2.43. The Morgan fingerprint density at radius 2 is 1.98 bits per heavy atom. The number of rotatable bonds is 9. The standard InChI is InChI=1S/C29H27ClF3N9O3/c1-16-11-24(41-40-16)37-25-22-15-35-42(19-7-9-44-10-8-19)26(22)39-28(38-25)34-14-17-5-6-23(30)21(12-17)27(43)36-18-3-2-4-20(13-18)45-29(31,32)33/h2-6,11-13,15,19H,7-10,14H2,1H3,(H,36,43)(H3,34,37,38,39,40,41). The maximum atomic E-state index is 13.0. The largest absolute Gasteiger partial charge is 0.573 e. The second-order valence-corrected chi connectivity index (χ2v) is 10.7. The first-order valence-corrected chi connectivity index (χ1v) is 14.3. The molecule has 3 aromatic heterocycles. The van der Waals surface area contributed by atoms with Gasteiger partial charge in [0.1, 0.15) is 11.6 Å². The van der Waals surface area contributed by atoms with Gasteiger partial charge in [-0.25, -0.2) is 4.68 Å². The first kappa shape index (κ1) is 30.1. The van der Waals surface area contributed by atoms with E-state index in [9.17, 15) is 18.0 Å². The van der Waals surface area contributed by atoms with E-state index in [0.29, 0.717) is 42.0 Å². The van der Waals surface area contributed by atoms with Crippen molar-refractivity contribution < 1.29 is 27.4 Å². The second-order valence-electron chi connectivity index (χ2n) is 10.3. The lowest BCUT2D eigenvalue weighted by Gasteiger charge is -2.22. The Balaban J connectivity index is 1.23. The van der Waals surface area contributed by atoms with Gasteiger partial charge in [0.25, 0.3) is 5.91 Å². The molecule has 234 valence electrons. The van der Waals surface area contributed by atoms with E-state index in [1.54, 1.807) is 24.4 Å². The monoisotopic (exact) mass is 641 g/mol. The van der Waals surface area contributed by atoms with Crippen molar-refractivity contribution in [2.24, 2.45) is 0 Å². The molecule has 12 nitrogen and oxygen atoms in total. The highest BCUT2D eigenvalue weighted by Gasteiger charge is 2.31. The van der Waals surface area contributed by atoms with Gasteiger partial charge in [0.2, 0.25) is 5.95 Å². The number of carbonyl (C=O) groups is 1. The molecule has 0 aliphatic carbocycles. The van der Waals surface area contributed by atoms with E-state index in [4.69, 9.17) is 21.3 Å². The summed E-state index contributed by atoms with van der Waals surface area (Å²) < 4.78 is 49.2. The summed E-state index contributed by atoms with van der Waals surface area (Å²) in [5, 5.41) is 21.7. The lowest BCUT2D eigenvalue weighted by atomic mass is 10.1. The third-order valence-corrected chi connectivity index (χ3v) is 7.32. The van der Waals surface area contributed by atoms with Crippen LogP contribution in [0.25, 0.3) is 11.0 Å². The zero-order valence-corrected chi connectivity index (χ0v) is 24.5. The van der Waals surface area contributed by atoms with Crippen molar-refractivity contribution in [2.45, 2.75) is 38.7 Å². The molecule has 0 unspecified atom stereocenters. The first-order chi connectivity index (χ1) is 21.6. The number of nitrogens with one attached hydrogen (secondary N) is 4. The lowest BCUT2D eigenvalue weighted by Crippen LogP contribution is -2.21. The van der Waals surface area contributed by atoms with Gasteiger partial charge in [-0.1, -0.05) is 23.7 Å². The minimum absolute atomic E-state index is 0.108. The summed E-state index contributed by atoms with van der Waals surface area (Å²) in [6, 6.07) is 11.8. The Morgan fingerprint density at radius 3 is 2.73 bits per heavy atom. The van der Waals surface area contributed by atoms with Crippen LogP contribution in [0.3, 0.4) is 0 Å². The number of aryl methyl sites for hydroxylation is 1. The van der Waals surface area contributed by atoms with Crippen molar-refractivity contribution in [3.63, 3.8) is 0 Å². The molecule has 2 aromatic carbocycles. The Bertz CT molecular complexity index is 1840. The molecule has 1 aliphatic rings. The highest BCUT2D eigenvalue weighted by atomic mass is 35.5. The maximum absolute atomic E-state index is 13.0. The van der Waals surface area contributed by atoms with Crippen molar-refractivity contribution in [1.29, 1.82) is 0 Å². The van der Waals surface area contributed by atoms with Gasteiger partial charge in [-0.05, 0) is 49.6 Å². The number of fused-ring (bicyclic) bond motifs is 1. The quantitative estimate of drug-likeness (QED) is 0.144. The van der Waals surface area contributed by atoms with Gasteiger partial charge >= 0.3 is 6.36 Å². The third kappa shape index (κ3) is 7.26. The van der Waals surface area contributed by atoms with Crippen LogP contribution in [0.15, 0.2) is 54.7 Å². The van der Waals surface area contributed by atoms with Gasteiger partial charge in [-0.15, -0.1) is 13.2 Å². The van der Waals surface area contributed by atoms with Gasteiger partial charge in [-0.3, -0.25) is 9.89 Å². The number of ether oxygens (including phenoxy) is 2. The number of benzene rings is 2. The van der Waals surface area contributed by atoms with Crippen LogP contribution in [0, 0.1) is 6.92 Å². The van der Waals surface area contributed by atoms with Crippen LogP contribution in [0.2, 0.25) is 5.02 Å². The highest BCUT2D eigenvalue weighted by molar-refractivity contribution is 6.34. The molecule has 6 rings (SSSR count). The van der Waals surface area contributed by atoms with Gasteiger partial charge in [0.05, 0.1) is 28.2 Å². The molecule has 45 heavy (non-hydrogen) atoms. The Morgan fingerprint density at radius 1 is 1.16 bits per heavy atom. The van der Waals surface area contributed by atoms with Gasteiger partial charge < -0.3 is 25.4 Å². The number of alkyl halides is 3. The van der Waals surface area contributed by atoms with Crippen molar-refractivity contribution in [3.8, 4) is 5.75 Å². The number of anilines is 4. The number of aromatic nitrogens is 6. The molecule has 1 aliphatic heterocycles. The maximum Gasteiger partial charge on any atom is 0.573 e. The van der Waals surface area contributed by atoms with Crippen LogP contribution >= 0.6 is 11.6 Å². The zero-order valence-electron chi connectivity index (χ0n) is 23.8. The third-order valence-electron chi connectivity index (χ3n) is 6.99. The van der Waals surface area contributed by atoms with E-state index in [-0.39, 0.29) is 28.9 Å². The summed E-state index contributed by atoms with van der Waals surface area (Å²) >= 11 is 6.32. The number of amides is 1. The second kappa shape index (κ2) is 12.6. The molecule has 0 radical (unpaired) electrons. The Hall–Kier alpha value is -4.89. The fourth-order valence-corrected chi connectivity index (χ4v) is 5.11. The zero-order chi connectivity index (χ0) is 31.6. The van der Waals surface area contributed by atoms with Crippen LogP contribution in [0.4, 0.5) is 36.4 Å². The molecular weight excluding hydrogens is 615 g/mol. The molecule has 1 saturated heterocycles. The van der Waals surface area contributed by atoms with E-state index in [1.165, 1.54) is 12.1 Å².